The van der Waals surface area contributed by atoms with E-state index in [1.54, 1.807) is 0 Å². The second-order valence-electron chi connectivity index (χ2n) is 6.97. The first kappa shape index (κ1) is 20.7. The lowest BCUT2D eigenvalue weighted by Gasteiger charge is -2.31. The second-order valence-corrected chi connectivity index (χ2v) is 11.5. The van der Waals surface area contributed by atoms with Crippen LogP contribution in [0.25, 0.3) is 0 Å². The Kier molecular flexibility index (Phi) is 5.97. The molecule has 27 heavy (non-hydrogen) atoms. The minimum Gasteiger partial charge on any atom is -0.348 e. The van der Waals surface area contributed by atoms with Gasteiger partial charge in [0.25, 0.3) is 5.91 Å². The van der Waals surface area contributed by atoms with Gasteiger partial charge in [-0.25, -0.2) is 25.9 Å². The molecule has 1 unspecified atom stereocenters. The monoisotopic (exact) mass is 479 g/mol. The van der Waals surface area contributed by atoms with E-state index in [1.807, 2.05) is 0 Å². The van der Waals surface area contributed by atoms with Crippen LogP contribution in [0.5, 0.6) is 0 Å². The molecule has 2 N–H and O–H groups in total. The van der Waals surface area contributed by atoms with Gasteiger partial charge in [-0.3, -0.25) is 4.79 Å². The lowest BCUT2D eigenvalue weighted by Crippen LogP contribution is -2.49. The predicted octanol–water partition coefficient (Wildman–Crippen LogP) is 1.04. The SMILES string of the molecule is CS(=O)(=O)N1CCCC(NC(=O)c2cc(S(=O)(=O)NC3CC3)ccc2Br)C1. The van der Waals surface area contributed by atoms with Crippen molar-refractivity contribution in [2.24, 2.45) is 0 Å². The first-order valence-corrected chi connectivity index (χ1v) is 12.8. The second kappa shape index (κ2) is 7.78. The van der Waals surface area contributed by atoms with Crippen molar-refractivity contribution >= 4 is 41.9 Å². The third-order valence-corrected chi connectivity index (χ3v) is 8.06. The number of hydrogen-bond donors (Lipinski definition) is 2. The molecule has 1 saturated carbocycles. The number of benzene rings is 1. The van der Waals surface area contributed by atoms with E-state index in [1.165, 1.54) is 22.5 Å². The summed E-state index contributed by atoms with van der Waals surface area (Å²) in [5.74, 6) is -0.439. The van der Waals surface area contributed by atoms with E-state index in [2.05, 4.69) is 26.0 Å². The van der Waals surface area contributed by atoms with Crippen molar-refractivity contribution in [3.8, 4) is 0 Å². The van der Waals surface area contributed by atoms with Crippen molar-refractivity contribution < 1.29 is 21.6 Å². The largest absolute Gasteiger partial charge is 0.348 e. The molecule has 1 aromatic carbocycles. The number of amides is 1. The molecule has 1 aliphatic carbocycles. The molecule has 1 atom stereocenters. The van der Waals surface area contributed by atoms with Crippen LogP contribution in [0, 0.1) is 0 Å². The molecule has 8 nitrogen and oxygen atoms in total. The molecule has 1 aromatic rings. The molecule has 1 saturated heterocycles. The Labute approximate surface area is 167 Å². The molecule has 1 aliphatic heterocycles. The summed E-state index contributed by atoms with van der Waals surface area (Å²) in [7, 11) is -6.98. The van der Waals surface area contributed by atoms with Gasteiger partial charge in [0.15, 0.2) is 0 Å². The van der Waals surface area contributed by atoms with Gasteiger partial charge in [0.1, 0.15) is 0 Å². The van der Waals surface area contributed by atoms with Gasteiger partial charge < -0.3 is 5.32 Å². The zero-order valence-corrected chi connectivity index (χ0v) is 18.0. The summed E-state index contributed by atoms with van der Waals surface area (Å²) in [4.78, 5) is 12.7. The minimum atomic E-state index is -3.67. The Balaban J connectivity index is 1.75. The average molecular weight is 480 g/mol. The van der Waals surface area contributed by atoms with Crippen LogP contribution in [-0.2, 0) is 20.0 Å². The molecule has 2 aliphatic rings. The maximum Gasteiger partial charge on any atom is 0.252 e. The van der Waals surface area contributed by atoms with Crippen LogP contribution >= 0.6 is 15.9 Å². The van der Waals surface area contributed by atoms with Crippen LogP contribution in [0.4, 0.5) is 0 Å². The van der Waals surface area contributed by atoms with E-state index in [-0.39, 0.29) is 29.1 Å². The highest BCUT2D eigenvalue weighted by atomic mass is 79.9. The van der Waals surface area contributed by atoms with Gasteiger partial charge in [0, 0.05) is 29.6 Å². The Morgan fingerprint density at radius 2 is 1.85 bits per heavy atom. The summed E-state index contributed by atoms with van der Waals surface area (Å²) in [6.45, 7) is 0.652. The molecule has 0 aromatic heterocycles. The fourth-order valence-electron chi connectivity index (χ4n) is 2.96. The van der Waals surface area contributed by atoms with Gasteiger partial charge in [-0.1, -0.05) is 0 Å². The van der Waals surface area contributed by atoms with E-state index in [0.29, 0.717) is 23.9 Å². The number of piperidine rings is 1. The van der Waals surface area contributed by atoms with Gasteiger partial charge in [-0.15, -0.1) is 0 Å². The van der Waals surface area contributed by atoms with E-state index in [9.17, 15) is 21.6 Å². The Hall–Kier alpha value is -1.01. The summed E-state index contributed by atoms with van der Waals surface area (Å²) in [5.41, 5.74) is 0.199. The summed E-state index contributed by atoms with van der Waals surface area (Å²) < 4.78 is 52.6. The maximum absolute atomic E-state index is 12.7. The van der Waals surface area contributed by atoms with Crippen LogP contribution in [0.3, 0.4) is 0 Å². The van der Waals surface area contributed by atoms with E-state index in [0.717, 1.165) is 19.1 Å². The van der Waals surface area contributed by atoms with Crippen molar-refractivity contribution in [1.82, 2.24) is 14.3 Å². The number of sulfonamides is 2. The number of rotatable bonds is 6. The zero-order valence-electron chi connectivity index (χ0n) is 14.8. The summed E-state index contributed by atoms with van der Waals surface area (Å²) >= 11 is 3.29. The molecule has 150 valence electrons. The average Bonchev–Trinajstić information content (AvgIpc) is 3.37. The number of nitrogens with one attached hydrogen (secondary N) is 2. The lowest BCUT2D eigenvalue weighted by molar-refractivity contribution is 0.0920. The van der Waals surface area contributed by atoms with Gasteiger partial charge in [0.05, 0.1) is 16.7 Å². The normalized spacial score (nSPS) is 21.8. The van der Waals surface area contributed by atoms with Crippen LogP contribution in [0.15, 0.2) is 27.6 Å². The van der Waals surface area contributed by atoms with Crippen LogP contribution < -0.4 is 10.0 Å². The molecule has 11 heteroatoms. The van der Waals surface area contributed by atoms with Crippen LogP contribution in [-0.4, -0.2) is 58.5 Å². The molecule has 1 heterocycles. The van der Waals surface area contributed by atoms with Gasteiger partial charge >= 0.3 is 0 Å². The van der Waals surface area contributed by atoms with Gasteiger partial charge in [-0.05, 0) is 59.8 Å². The Bertz CT molecular complexity index is 945. The molecular formula is C16H22BrN3O5S2. The Morgan fingerprint density at radius 3 is 2.48 bits per heavy atom. The standard InChI is InChI=1S/C16H22BrN3O5S2/c1-26(22,23)20-8-2-3-12(10-20)18-16(21)14-9-13(6-7-15(14)17)27(24,25)19-11-4-5-11/h6-7,9,11-12,19H,2-5,8,10H2,1H3,(H,18,21). The molecule has 1 amide bonds. The third-order valence-electron chi connectivity index (χ3n) is 4.58. The fraction of sp³-hybridized carbons (Fsp3) is 0.562. The first-order chi connectivity index (χ1) is 12.6. The highest BCUT2D eigenvalue weighted by Crippen LogP contribution is 2.25. The minimum absolute atomic E-state index is 0.0277. The number of nitrogens with zero attached hydrogens (tertiary/aromatic N) is 1. The highest BCUT2D eigenvalue weighted by Gasteiger charge is 2.30. The lowest BCUT2D eigenvalue weighted by atomic mass is 10.1. The van der Waals surface area contributed by atoms with Crippen molar-refractivity contribution in [3.05, 3.63) is 28.2 Å². The topological polar surface area (TPSA) is 113 Å². The number of carbonyl (C=O) groups is 1. The van der Waals surface area contributed by atoms with Gasteiger partial charge in [-0.2, -0.15) is 0 Å². The van der Waals surface area contributed by atoms with Crippen LogP contribution in [0.2, 0.25) is 0 Å². The quantitative estimate of drug-likeness (QED) is 0.632. The molecule has 3 rings (SSSR count). The number of carbonyl (C=O) groups excluding carboxylic acids is 1. The highest BCUT2D eigenvalue weighted by molar-refractivity contribution is 9.10. The summed E-state index contributed by atoms with van der Waals surface area (Å²) in [6, 6.07) is 3.96. The first-order valence-electron chi connectivity index (χ1n) is 8.64. The fourth-order valence-corrected chi connectivity index (χ4v) is 5.63. The van der Waals surface area contributed by atoms with Crippen molar-refractivity contribution in [2.45, 2.75) is 42.7 Å². The third kappa shape index (κ3) is 5.29. The predicted molar refractivity (Wildman–Crippen MR) is 104 cm³/mol. The van der Waals surface area contributed by atoms with E-state index in [4.69, 9.17) is 0 Å². The molecular weight excluding hydrogens is 458 g/mol. The number of hydrogen-bond acceptors (Lipinski definition) is 5. The molecule has 0 bridgehead atoms. The summed E-state index contributed by atoms with van der Waals surface area (Å²) in [6.07, 6.45) is 4.10. The summed E-state index contributed by atoms with van der Waals surface area (Å²) in [5, 5.41) is 2.82. The molecule has 0 spiro atoms. The number of halogens is 1. The van der Waals surface area contributed by atoms with Gasteiger partial charge in [0.2, 0.25) is 20.0 Å². The van der Waals surface area contributed by atoms with E-state index < -0.39 is 26.0 Å². The van der Waals surface area contributed by atoms with Crippen LogP contribution in [0.1, 0.15) is 36.0 Å². The zero-order chi connectivity index (χ0) is 19.8. The maximum atomic E-state index is 12.7. The Morgan fingerprint density at radius 1 is 1.15 bits per heavy atom. The van der Waals surface area contributed by atoms with Crippen molar-refractivity contribution in [3.63, 3.8) is 0 Å². The van der Waals surface area contributed by atoms with Crippen molar-refractivity contribution in [1.29, 1.82) is 0 Å². The molecule has 2 fully saturated rings. The van der Waals surface area contributed by atoms with E-state index >= 15 is 0 Å². The smallest absolute Gasteiger partial charge is 0.252 e. The molecule has 0 radical (unpaired) electrons. The van der Waals surface area contributed by atoms with Crippen molar-refractivity contribution in [2.75, 3.05) is 19.3 Å².